The highest BCUT2D eigenvalue weighted by Crippen LogP contribution is 2.35. The quantitative estimate of drug-likeness (QED) is 0.447. The van der Waals surface area contributed by atoms with E-state index in [1.807, 2.05) is 0 Å². The van der Waals surface area contributed by atoms with Gasteiger partial charge in [-0.05, 0) is 6.92 Å². The van der Waals surface area contributed by atoms with Crippen LogP contribution in [0.5, 0.6) is 0 Å². The molecule has 0 aromatic carbocycles. The molecule has 0 amide bonds. The number of alkyl halides is 6. The topological polar surface area (TPSA) is 35.5 Å². The molecular weight excluding hydrogens is 258 g/mol. The van der Waals surface area contributed by atoms with Gasteiger partial charge in [-0.15, -0.1) is 0 Å². The van der Waals surface area contributed by atoms with Crippen LogP contribution >= 0.6 is 0 Å². The highest BCUT2D eigenvalue weighted by atomic mass is 19.4. The molecule has 0 fully saturated rings. The van der Waals surface area contributed by atoms with Gasteiger partial charge in [0, 0.05) is 0 Å². The molecule has 0 aliphatic carbocycles. The van der Waals surface area contributed by atoms with Gasteiger partial charge in [0.05, 0.1) is 0 Å². The van der Waals surface area contributed by atoms with Crippen molar-refractivity contribution in [1.29, 1.82) is 0 Å². The van der Waals surface area contributed by atoms with Gasteiger partial charge in [0.25, 0.3) is 6.10 Å². The first-order valence-electron chi connectivity index (χ1n) is 4.11. The van der Waals surface area contributed by atoms with Crippen LogP contribution in [0, 0.1) is 0 Å². The molecular formula is C8H8F6O3. The summed E-state index contributed by atoms with van der Waals surface area (Å²) in [5, 5.41) is 0. The second-order valence-corrected chi connectivity index (χ2v) is 2.89. The fourth-order valence-electron chi connectivity index (χ4n) is 0.643. The molecule has 3 nitrogen and oxygen atoms in total. The predicted molar refractivity (Wildman–Crippen MR) is 43.1 cm³/mol. The molecule has 9 heteroatoms. The number of rotatable bonds is 3. The second-order valence-electron chi connectivity index (χ2n) is 2.89. The van der Waals surface area contributed by atoms with Crippen molar-refractivity contribution in [3.05, 3.63) is 12.7 Å². The Hall–Kier alpha value is -1.41. The second kappa shape index (κ2) is 5.28. The number of hydrogen-bond donors (Lipinski definition) is 0. The van der Waals surface area contributed by atoms with Crippen molar-refractivity contribution in [3.8, 4) is 0 Å². The molecule has 0 aromatic rings. The standard InChI is InChI=1S/C8H8F6O3/c1-3-4(2)16-6(15)17-5(7(9,10)11)8(12,13)14/h3-5H,1H2,2H3. The summed E-state index contributed by atoms with van der Waals surface area (Å²) in [6.07, 6.45) is -17.9. The van der Waals surface area contributed by atoms with Gasteiger partial charge in [-0.3, -0.25) is 0 Å². The first kappa shape index (κ1) is 15.6. The van der Waals surface area contributed by atoms with Crippen molar-refractivity contribution in [2.24, 2.45) is 0 Å². The Morgan fingerprint density at radius 3 is 1.82 bits per heavy atom. The molecule has 0 aliphatic rings. The summed E-state index contributed by atoms with van der Waals surface area (Å²) < 4.78 is 78.8. The number of halogens is 6. The summed E-state index contributed by atoms with van der Waals surface area (Å²) in [4.78, 5) is 10.6. The third kappa shape index (κ3) is 5.45. The van der Waals surface area contributed by atoms with Gasteiger partial charge < -0.3 is 9.47 Å². The van der Waals surface area contributed by atoms with Crippen molar-refractivity contribution < 1.29 is 40.6 Å². The first-order valence-corrected chi connectivity index (χ1v) is 4.11. The van der Waals surface area contributed by atoms with Crippen LogP contribution in [0.3, 0.4) is 0 Å². The average molecular weight is 266 g/mol. The molecule has 0 heterocycles. The smallest absolute Gasteiger partial charge is 0.427 e. The molecule has 100 valence electrons. The zero-order chi connectivity index (χ0) is 13.9. The Kier molecular flexibility index (Phi) is 4.84. The van der Waals surface area contributed by atoms with Crippen molar-refractivity contribution >= 4 is 6.16 Å². The molecule has 0 saturated carbocycles. The summed E-state index contributed by atoms with van der Waals surface area (Å²) in [6.45, 7) is 4.30. The molecule has 0 radical (unpaired) electrons. The molecule has 0 saturated heterocycles. The average Bonchev–Trinajstić information content (AvgIpc) is 2.10. The molecule has 17 heavy (non-hydrogen) atoms. The molecule has 1 unspecified atom stereocenters. The van der Waals surface area contributed by atoms with E-state index < -0.39 is 30.7 Å². The van der Waals surface area contributed by atoms with Crippen LogP contribution in [0.1, 0.15) is 6.92 Å². The van der Waals surface area contributed by atoms with Gasteiger partial charge in [-0.25, -0.2) is 4.79 Å². The minimum absolute atomic E-state index is 0.997. The summed E-state index contributed by atoms with van der Waals surface area (Å²) in [5.74, 6) is 0. The number of carbonyl (C=O) groups is 1. The van der Waals surface area contributed by atoms with Gasteiger partial charge in [-0.1, -0.05) is 12.7 Å². The maximum atomic E-state index is 11.9. The van der Waals surface area contributed by atoms with E-state index in [1.54, 1.807) is 0 Å². The Morgan fingerprint density at radius 1 is 1.12 bits per heavy atom. The summed E-state index contributed by atoms with van der Waals surface area (Å²) in [6, 6.07) is 0. The summed E-state index contributed by atoms with van der Waals surface area (Å²) in [7, 11) is 0. The van der Waals surface area contributed by atoms with E-state index in [4.69, 9.17) is 0 Å². The Balaban J connectivity index is 4.68. The zero-order valence-electron chi connectivity index (χ0n) is 8.43. The van der Waals surface area contributed by atoms with Crippen molar-refractivity contribution in [2.75, 3.05) is 0 Å². The Morgan fingerprint density at radius 2 is 1.53 bits per heavy atom. The lowest BCUT2D eigenvalue weighted by molar-refractivity contribution is -0.310. The lowest BCUT2D eigenvalue weighted by atomic mass is 10.3. The van der Waals surface area contributed by atoms with Crippen LogP contribution in [0.2, 0.25) is 0 Å². The van der Waals surface area contributed by atoms with Gasteiger partial charge in [-0.2, -0.15) is 26.3 Å². The largest absolute Gasteiger partial charge is 0.509 e. The number of ether oxygens (including phenoxy) is 2. The molecule has 0 spiro atoms. The Bertz CT molecular complexity index is 268. The Labute approximate surface area is 92.0 Å². The van der Waals surface area contributed by atoms with Gasteiger partial charge >= 0.3 is 18.5 Å². The van der Waals surface area contributed by atoms with Crippen LogP contribution in [0.4, 0.5) is 31.1 Å². The third-order valence-electron chi connectivity index (χ3n) is 1.42. The highest BCUT2D eigenvalue weighted by molar-refractivity contribution is 5.60. The minimum atomic E-state index is -5.76. The van der Waals surface area contributed by atoms with Crippen molar-refractivity contribution in [2.45, 2.75) is 31.5 Å². The van der Waals surface area contributed by atoms with E-state index >= 15 is 0 Å². The van der Waals surface area contributed by atoms with E-state index in [0.717, 1.165) is 6.08 Å². The molecule has 0 rings (SSSR count). The van der Waals surface area contributed by atoms with Crippen LogP contribution in [-0.4, -0.2) is 30.7 Å². The number of hydrogen-bond acceptors (Lipinski definition) is 3. The monoisotopic (exact) mass is 266 g/mol. The van der Waals surface area contributed by atoms with E-state index in [-0.39, 0.29) is 0 Å². The predicted octanol–water partition coefficient (Wildman–Crippen LogP) is 3.21. The summed E-state index contributed by atoms with van der Waals surface area (Å²) >= 11 is 0. The molecule has 0 aromatic heterocycles. The van der Waals surface area contributed by atoms with Crippen LogP contribution in [-0.2, 0) is 9.47 Å². The molecule has 0 N–H and O–H groups in total. The van der Waals surface area contributed by atoms with E-state index in [9.17, 15) is 31.1 Å². The third-order valence-corrected chi connectivity index (χ3v) is 1.42. The normalized spacial score (nSPS) is 14.4. The maximum absolute atomic E-state index is 11.9. The van der Waals surface area contributed by atoms with Gasteiger partial charge in [0.2, 0.25) is 0 Å². The SMILES string of the molecule is C=CC(C)OC(=O)OC(C(F)(F)F)C(F)(F)F. The fraction of sp³-hybridized carbons (Fsp3) is 0.625. The van der Waals surface area contributed by atoms with E-state index in [0.29, 0.717) is 0 Å². The highest BCUT2D eigenvalue weighted by Gasteiger charge is 2.60. The van der Waals surface area contributed by atoms with Gasteiger partial charge in [0.15, 0.2) is 0 Å². The van der Waals surface area contributed by atoms with E-state index in [1.165, 1.54) is 6.92 Å². The molecule has 0 aliphatic heterocycles. The molecule has 0 bridgehead atoms. The number of carbonyl (C=O) groups excluding carboxylic acids is 1. The fourth-order valence-corrected chi connectivity index (χ4v) is 0.643. The van der Waals surface area contributed by atoms with Crippen LogP contribution in [0.25, 0.3) is 0 Å². The van der Waals surface area contributed by atoms with Gasteiger partial charge in [0.1, 0.15) is 6.10 Å². The van der Waals surface area contributed by atoms with Crippen molar-refractivity contribution in [1.82, 2.24) is 0 Å². The maximum Gasteiger partial charge on any atom is 0.509 e. The summed E-state index contributed by atoms with van der Waals surface area (Å²) in [5.41, 5.74) is 0. The minimum Gasteiger partial charge on any atom is -0.427 e. The zero-order valence-corrected chi connectivity index (χ0v) is 8.43. The first-order chi connectivity index (χ1) is 7.48. The van der Waals surface area contributed by atoms with Crippen LogP contribution < -0.4 is 0 Å². The lowest BCUT2D eigenvalue weighted by Crippen LogP contribution is -2.45. The van der Waals surface area contributed by atoms with Crippen molar-refractivity contribution in [3.63, 3.8) is 0 Å². The van der Waals surface area contributed by atoms with E-state index in [2.05, 4.69) is 16.1 Å². The van der Waals surface area contributed by atoms with Crippen LogP contribution in [0.15, 0.2) is 12.7 Å². The molecule has 1 atom stereocenters. The lowest BCUT2D eigenvalue weighted by Gasteiger charge is -2.22.